The molecule has 4 bridgehead atoms. The van der Waals surface area contributed by atoms with E-state index in [1.165, 1.54) is 37.7 Å². The van der Waals surface area contributed by atoms with E-state index in [2.05, 4.69) is 0 Å². The molecule has 0 saturated heterocycles. The van der Waals surface area contributed by atoms with Crippen LogP contribution in [-0.4, -0.2) is 0 Å². The lowest BCUT2D eigenvalue weighted by atomic mass is 9.51. The van der Waals surface area contributed by atoms with Crippen molar-refractivity contribution in [1.29, 1.82) is 0 Å². The van der Waals surface area contributed by atoms with E-state index in [0.717, 1.165) is 59.8 Å². The first-order chi connectivity index (χ1) is 16.0. The van der Waals surface area contributed by atoms with Crippen LogP contribution in [0, 0.1) is 29.6 Å². The number of alkyl halides is 6. The Bertz CT molecular complexity index is 1090. The van der Waals surface area contributed by atoms with Crippen LogP contribution in [0.3, 0.4) is 0 Å². The standard InChI is InChI=1S/C28H26F6/c29-27(30,31)22-12-21(13-23(14-22)28(32,33)34)24-3-1-2-18-5-17(11-26(18)24)10-25-19-6-15-4-16(8-19)9-20(25)7-15/h1-3,11-16,19-20,25H,4-10H2. The maximum absolute atomic E-state index is 13.4. The molecule has 2 aromatic carbocycles. The fourth-order valence-electron chi connectivity index (χ4n) is 7.60. The van der Waals surface area contributed by atoms with Gasteiger partial charge in [0.1, 0.15) is 0 Å². The smallest absolute Gasteiger partial charge is 0.166 e. The van der Waals surface area contributed by atoms with Gasteiger partial charge in [0.25, 0.3) is 0 Å². The Balaban J connectivity index is 1.34. The van der Waals surface area contributed by atoms with Crippen LogP contribution in [-0.2, 0) is 18.8 Å². The third-order valence-corrected chi connectivity index (χ3v) is 8.78. The van der Waals surface area contributed by atoms with Gasteiger partial charge in [-0.15, -0.1) is 0 Å². The van der Waals surface area contributed by atoms with Crippen molar-refractivity contribution in [3.05, 3.63) is 64.2 Å². The van der Waals surface area contributed by atoms with E-state index >= 15 is 0 Å². The summed E-state index contributed by atoms with van der Waals surface area (Å²) in [4.78, 5) is 0. The zero-order chi connectivity index (χ0) is 23.8. The zero-order valence-electron chi connectivity index (χ0n) is 18.6. The molecule has 5 aliphatic carbocycles. The molecular formula is C28H26F6. The number of benzene rings is 2. The normalized spacial score (nSPS) is 29.9. The third-order valence-electron chi connectivity index (χ3n) is 8.78. The van der Waals surface area contributed by atoms with Crippen molar-refractivity contribution in [2.45, 2.75) is 57.3 Å². The molecular weight excluding hydrogens is 450 g/mol. The molecule has 0 radical (unpaired) electrons. The van der Waals surface area contributed by atoms with E-state index in [-0.39, 0.29) is 11.6 Å². The SMILES string of the molecule is FC(F)(F)c1cc(-c2cccc3c2C=C(CC2C4CC5CC(C4)CC2C5)C3)cc(C(F)(F)F)c1. The van der Waals surface area contributed by atoms with Crippen LogP contribution < -0.4 is 0 Å². The number of halogens is 6. The average molecular weight is 477 g/mol. The molecule has 0 aliphatic heterocycles. The van der Waals surface area contributed by atoms with Crippen LogP contribution in [0.1, 0.15) is 60.8 Å². The number of allylic oxidation sites excluding steroid dienone is 1. The van der Waals surface area contributed by atoms with E-state index in [4.69, 9.17) is 0 Å². The van der Waals surface area contributed by atoms with Gasteiger partial charge in [0, 0.05) is 0 Å². The number of fused-ring (bicyclic) bond motifs is 1. The maximum Gasteiger partial charge on any atom is 0.416 e. The summed E-state index contributed by atoms with van der Waals surface area (Å²) in [5, 5.41) is 0. The Morgan fingerprint density at radius 2 is 1.32 bits per heavy atom. The summed E-state index contributed by atoms with van der Waals surface area (Å²) in [5.41, 5.74) is 0.885. The van der Waals surface area contributed by atoms with Gasteiger partial charge in [-0.25, -0.2) is 0 Å². The molecule has 6 heteroatoms. The van der Waals surface area contributed by atoms with Crippen LogP contribution in [0.2, 0.25) is 0 Å². The van der Waals surface area contributed by atoms with Crippen LogP contribution in [0.15, 0.2) is 42.0 Å². The van der Waals surface area contributed by atoms with E-state index in [1.807, 2.05) is 12.1 Å². The molecule has 0 aromatic heterocycles. The highest BCUT2D eigenvalue weighted by Crippen LogP contribution is 2.58. The van der Waals surface area contributed by atoms with Crippen LogP contribution in [0.25, 0.3) is 17.2 Å². The van der Waals surface area contributed by atoms with Gasteiger partial charge in [-0.2, -0.15) is 26.3 Å². The van der Waals surface area contributed by atoms with Crippen molar-refractivity contribution in [3.63, 3.8) is 0 Å². The minimum Gasteiger partial charge on any atom is -0.166 e. The van der Waals surface area contributed by atoms with Gasteiger partial charge < -0.3 is 0 Å². The fraction of sp³-hybridized carbons (Fsp3) is 0.500. The van der Waals surface area contributed by atoms with E-state index in [9.17, 15) is 26.3 Å². The second kappa shape index (κ2) is 7.63. The first-order valence-corrected chi connectivity index (χ1v) is 12.2. The number of hydrogen-bond donors (Lipinski definition) is 0. The number of hydrogen-bond acceptors (Lipinski definition) is 0. The van der Waals surface area contributed by atoms with Gasteiger partial charge in [0.05, 0.1) is 11.1 Å². The van der Waals surface area contributed by atoms with Gasteiger partial charge >= 0.3 is 12.4 Å². The monoisotopic (exact) mass is 476 g/mol. The Morgan fingerprint density at radius 1 is 0.735 bits per heavy atom. The zero-order valence-corrected chi connectivity index (χ0v) is 18.6. The molecule has 4 saturated carbocycles. The molecule has 34 heavy (non-hydrogen) atoms. The molecule has 0 spiro atoms. The second-order valence-corrected chi connectivity index (χ2v) is 11.0. The van der Waals surface area contributed by atoms with Crippen molar-refractivity contribution < 1.29 is 26.3 Å². The molecule has 4 fully saturated rings. The molecule has 0 atom stereocenters. The minimum atomic E-state index is -4.85. The first kappa shape index (κ1) is 22.2. The first-order valence-electron chi connectivity index (χ1n) is 12.2. The largest absolute Gasteiger partial charge is 0.416 e. The summed E-state index contributed by atoms with van der Waals surface area (Å²) in [6.07, 6.45) is 0.777. The average Bonchev–Trinajstić information content (AvgIpc) is 3.17. The highest BCUT2D eigenvalue weighted by molar-refractivity contribution is 5.81. The Morgan fingerprint density at radius 3 is 1.88 bits per heavy atom. The molecule has 0 amide bonds. The quantitative estimate of drug-likeness (QED) is 0.388. The molecule has 5 aliphatic rings. The molecule has 0 N–H and O–H groups in total. The predicted molar refractivity (Wildman–Crippen MR) is 119 cm³/mol. The summed E-state index contributed by atoms with van der Waals surface area (Å²) in [5.74, 6) is 4.01. The molecule has 0 nitrogen and oxygen atoms in total. The van der Waals surface area contributed by atoms with Crippen molar-refractivity contribution in [2.75, 3.05) is 0 Å². The lowest BCUT2D eigenvalue weighted by molar-refractivity contribution is -0.143. The van der Waals surface area contributed by atoms with E-state index in [1.54, 1.807) is 12.1 Å². The summed E-state index contributed by atoms with van der Waals surface area (Å²) in [7, 11) is 0. The van der Waals surface area contributed by atoms with Gasteiger partial charge in [-0.1, -0.05) is 29.8 Å². The van der Waals surface area contributed by atoms with Crippen LogP contribution in [0.4, 0.5) is 26.3 Å². The van der Waals surface area contributed by atoms with Gasteiger partial charge in [-0.3, -0.25) is 0 Å². The summed E-state index contributed by atoms with van der Waals surface area (Å²) < 4.78 is 80.5. The molecule has 7 rings (SSSR count). The molecule has 2 aromatic rings. The Hall–Kier alpha value is -2.24. The minimum absolute atomic E-state index is 0.0360. The highest BCUT2D eigenvalue weighted by atomic mass is 19.4. The van der Waals surface area contributed by atoms with E-state index in [0.29, 0.717) is 11.5 Å². The van der Waals surface area contributed by atoms with Crippen LogP contribution >= 0.6 is 0 Å². The van der Waals surface area contributed by atoms with E-state index < -0.39 is 23.5 Å². The topological polar surface area (TPSA) is 0 Å². The van der Waals surface area contributed by atoms with Gasteiger partial charge in [-0.05, 0) is 115 Å². The molecule has 180 valence electrons. The van der Waals surface area contributed by atoms with Crippen molar-refractivity contribution in [1.82, 2.24) is 0 Å². The highest BCUT2D eigenvalue weighted by Gasteiger charge is 2.48. The summed E-state index contributed by atoms with van der Waals surface area (Å²) >= 11 is 0. The lowest BCUT2D eigenvalue weighted by Gasteiger charge is -2.54. The number of rotatable bonds is 3. The molecule has 0 heterocycles. The van der Waals surface area contributed by atoms with Crippen molar-refractivity contribution in [3.8, 4) is 11.1 Å². The predicted octanol–water partition coefficient (Wildman–Crippen LogP) is 8.79. The third kappa shape index (κ3) is 3.87. The van der Waals surface area contributed by atoms with Crippen molar-refractivity contribution in [2.24, 2.45) is 29.6 Å². The van der Waals surface area contributed by atoms with Gasteiger partial charge in [0.15, 0.2) is 0 Å². The Kier molecular flexibility index (Phi) is 4.99. The van der Waals surface area contributed by atoms with Crippen molar-refractivity contribution >= 4 is 6.08 Å². The van der Waals surface area contributed by atoms with Crippen LogP contribution in [0.5, 0.6) is 0 Å². The summed E-state index contributed by atoms with van der Waals surface area (Å²) in [6.45, 7) is 0. The Labute approximate surface area is 195 Å². The lowest BCUT2D eigenvalue weighted by Crippen LogP contribution is -2.45. The maximum atomic E-state index is 13.4. The fourth-order valence-corrected chi connectivity index (χ4v) is 7.60. The van der Waals surface area contributed by atoms with Gasteiger partial charge in [0.2, 0.25) is 0 Å². The molecule has 0 unspecified atom stereocenters. The second-order valence-electron chi connectivity index (χ2n) is 11.0. The summed E-state index contributed by atoms with van der Waals surface area (Å²) in [6, 6.07) is 7.19.